The average Bonchev–Trinajstić information content (AvgIpc) is 2.47. The Morgan fingerprint density at radius 1 is 1.43 bits per heavy atom. The second-order valence-electron chi connectivity index (χ2n) is 5.78. The molecule has 1 heterocycles. The molecule has 2 fully saturated rings. The summed E-state index contributed by atoms with van der Waals surface area (Å²) in [5, 5.41) is 0. The number of sulfonamides is 1. The summed E-state index contributed by atoms with van der Waals surface area (Å²) < 4.78 is 34.3. The second-order valence-corrected chi connectivity index (χ2v) is 8.37. The fourth-order valence-electron chi connectivity index (χ4n) is 3.20. The van der Waals surface area contributed by atoms with Crippen LogP contribution in [-0.2, 0) is 14.8 Å². The van der Waals surface area contributed by atoms with E-state index in [-0.39, 0.29) is 29.0 Å². The second kappa shape index (κ2) is 5.62. The number of rotatable bonds is 3. The molecule has 0 amide bonds. The Kier molecular flexibility index (Phi) is 4.13. The van der Waals surface area contributed by atoms with E-state index in [0.717, 1.165) is 17.3 Å². The van der Waals surface area contributed by atoms with Crippen LogP contribution in [0.25, 0.3) is 0 Å². The summed E-state index contributed by atoms with van der Waals surface area (Å²) in [5.74, 6) is 0.273. The third-order valence-corrected chi connectivity index (χ3v) is 6.50. The molecule has 0 radical (unpaired) electrons. The molecule has 1 aromatic rings. The van der Waals surface area contributed by atoms with Crippen LogP contribution in [0.1, 0.15) is 18.4 Å². The number of fused-ring (bicyclic) bond motifs is 1. The van der Waals surface area contributed by atoms with Gasteiger partial charge in [-0.3, -0.25) is 0 Å². The van der Waals surface area contributed by atoms with Gasteiger partial charge in [-0.2, -0.15) is 0 Å². The highest BCUT2D eigenvalue weighted by atomic mass is 79.9. The lowest BCUT2D eigenvalue weighted by Gasteiger charge is -2.52. The van der Waals surface area contributed by atoms with E-state index in [4.69, 9.17) is 10.5 Å². The molecular weight excluding hydrogens is 356 g/mol. The molecule has 1 saturated heterocycles. The maximum absolute atomic E-state index is 12.6. The minimum absolute atomic E-state index is 0.0871. The molecule has 0 bridgehead atoms. The van der Waals surface area contributed by atoms with Gasteiger partial charge in [-0.1, -0.05) is 22.0 Å². The van der Waals surface area contributed by atoms with Crippen molar-refractivity contribution in [3.63, 3.8) is 0 Å². The number of nitrogens with one attached hydrogen (secondary N) is 1. The van der Waals surface area contributed by atoms with Crippen LogP contribution < -0.4 is 10.5 Å². The van der Waals surface area contributed by atoms with Crippen molar-refractivity contribution in [3.05, 3.63) is 28.2 Å². The van der Waals surface area contributed by atoms with Crippen LogP contribution in [0.15, 0.2) is 27.6 Å². The molecule has 116 valence electrons. The van der Waals surface area contributed by atoms with Gasteiger partial charge in [0.1, 0.15) is 0 Å². The summed E-state index contributed by atoms with van der Waals surface area (Å²) >= 11 is 3.31. The van der Waals surface area contributed by atoms with Crippen LogP contribution in [0.2, 0.25) is 0 Å². The first kappa shape index (κ1) is 15.4. The molecule has 2 aliphatic rings. The Balaban J connectivity index is 1.82. The minimum Gasteiger partial charge on any atom is -0.376 e. The van der Waals surface area contributed by atoms with Gasteiger partial charge in [-0.05, 0) is 37.5 Å². The highest BCUT2D eigenvalue weighted by Crippen LogP contribution is 2.37. The minimum atomic E-state index is -3.60. The van der Waals surface area contributed by atoms with Crippen LogP contribution in [0, 0.1) is 12.8 Å². The molecule has 4 atom stereocenters. The Bertz CT molecular complexity index is 650. The van der Waals surface area contributed by atoms with E-state index in [1.165, 1.54) is 0 Å². The fourth-order valence-corrected chi connectivity index (χ4v) is 5.26. The van der Waals surface area contributed by atoms with Crippen LogP contribution >= 0.6 is 15.9 Å². The monoisotopic (exact) mass is 374 g/mol. The number of nitrogens with two attached hydrogens (primary N) is 1. The molecular formula is C14H19BrN2O3S. The number of hydrogen-bond acceptors (Lipinski definition) is 4. The molecule has 1 aliphatic heterocycles. The zero-order valence-corrected chi connectivity index (χ0v) is 14.2. The van der Waals surface area contributed by atoms with E-state index in [0.29, 0.717) is 12.2 Å². The van der Waals surface area contributed by atoms with Crippen molar-refractivity contribution in [2.75, 3.05) is 6.61 Å². The molecule has 0 aromatic heterocycles. The van der Waals surface area contributed by atoms with E-state index < -0.39 is 10.0 Å². The van der Waals surface area contributed by atoms with Crippen molar-refractivity contribution in [1.82, 2.24) is 4.72 Å². The first-order chi connectivity index (χ1) is 9.90. The van der Waals surface area contributed by atoms with Crippen LogP contribution in [0.4, 0.5) is 0 Å². The lowest BCUT2D eigenvalue weighted by Crippen LogP contribution is -2.71. The Morgan fingerprint density at radius 2 is 2.19 bits per heavy atom. The standard InChI is InChI=1S/C14H19BrN2O3S/c1-8-4-5-9(15)7-11(8)21(18,19)17-13-12(16)10-3-2-6-20-14(10)13/h4-5,7,10,12-14,17H,2-3,6,16H2,1H3. The van der Waals surface area contributed by atoms with E-state index in [9.17, 15) is 8.42 Å². The summed E-state index contributed by atoms with van der Waals surface area (Å²) in [6.45, 7) is 2.46. The third kappa shape index (κ3) is 2.77. The normalized spacial score (nSPS) is 32.3. The Hall–Kier alpha value is -0.470. The number of benzene rings is 1. The smallest absolute Gasteiger partial charge is 0.241 e. The van der Waals surface area contributed by atoms with Gasteiger partial charge in [-0.25, -0.2) is 13.1 Å². The molecule has 1 aromatic carbocycles. The largest absolute Gasteiger partial charge is 0.376 e. The Labute approximate surface area is 133 Å². The summed E-state index contributed by atoms with van der Waals surface area (Å²) in [5.41, 5.74) is 6.82. The van der Waals surface area contributed by atoms with Gasteiger partial charge in [0.05, 0.1) is 17.0 Å². The number of aryl methyl sites for hydroxylation is 1. The van der Waals surface area contributed by atoms with Crippen molar-refractivity contribution in [2.24, 2.45) is 11.7 Å². The topological polar surface area (TPSA) is 81.4 Å². The summed E-state index contributed by atoms with van der Waals surface area (Å²) in [6.07, 6.45) is 1.93. The van der Waals surface area contributed by atoms with E-state index in [1.807, 2.05) is 6.07 Å². The molecule has 1 aliphatic carbocycles. The van der Waals surface area contributed by atoms with Crippen molar-refractivity contribution >= 4 is 26.0 Å². The summed E-state index contributed by atoms with van der Waals surface area (Å²) in [6, 6.07) is 4.71. The summed E-state index contributed by atoms with van der Waals surface area (Å²) in [4.78, 5) is 0.281. The average molecular weight is 375 g/mol. The lowest BCUT2D eigenvalue weighted by atomic mass is 9.69. The molecule has 21 heavy (non-hydrogen) atoms. The zero-order chi connectivity index (χ0) is 15.2. The van der Waals surface area contributed by atoms with Crippen molar-refractivity contribution in [1.29, 1.82) is 0 Å². The maximum atomic E-state index is 12.6. The van der Waals surface area contributed by atoms with Crippen LogP contribution in [-0.4, -0.2) is 33.2 Å². The highest BCUT2D eigenvalue weighted by Gasteiger charge is 2.52. The predicted octanol–water partition coefficient (Wildman–Crippen LogP) is 1.54. The quantitative estimate of drug-likeness (QED) is 0.840. The fraction of sp³-hybridized carbons (Fsp3) is 0.571. The van der Waals surface area contributed by atoms with E-state index in [1.54, 1.807) is 19.1 Å². The van der Waals surface area contributed by atoms with Crippen LogP contribution in [0.3, 0.4) is 0 Å². The van der Waals surface area contributed by atoms with Gasteiger partial charge >= 0.3 is 0 Å². The molecule has 3 rings (SSSR count). The number of halogens is 1. The maximum Gasteiger partial charge on any atom is 0.241 e. The van der Waals surface area contributed by atoms with Gasteiger partial charge in [0.15, 0.2) is 0 Å². The SMILES string of the molecule is Cc1ccc(Br)cc1S(=O)(=O)NC1C(N)C2CCCOC21. The summed E-state index contributed by atoms with van der Waals surface area (Å²) in [7, 11) is -3.60. The van der Waals surface area contributed by atoms with E-state index >= 15 is 0 Å². The first-order valence-electron chi connectivity index (χ1n) is 7.06. The lowest BCUT2D eigenvalue weighted by molar-refractivity contribution is -0.114. The van der Waals surface area contributed by atoms with Gasteiger partial charge < -0.3 is 10.5 Å². The van der Waals surface area contributed by atoms with Gasteiger partial charge in [0, 0.05) is 23.0 Å². The first-order valence-corrected chi connectivity index (χ1v) is 9.33. The molecule has 1 saturated carbocycles. The molecule has 4 unspecified atom stereocenters. The molecule has 5 nitrogen and oxygen atoms in total. The van der Waals surface area contributed by atoms with Crippen molar-refractivity contribution in [3.8, 4) is 0 Å². The van der Waals surface area contributed by atoms with Gasteiger partial charge in [0.2, 0.25) is 10.0 Å². The number of ether oxygens (including phenoxy) is 1. The molecule has 7 heteroatoms. The zero-order valence-electron chi connectivity index (χ0n) is 11.8. The Morgan fingerprint density at radius 3 is 2.95 bits per heavy atom. The van der Waals surface area contributed by atoms with E-state index in [2.05, 4.69) is 20.7 Å². The van der Waals surface area contributed by atoms with Gasteiger partial charge in [0.25, 0.3) is 0 Å². The van der Waals surface area contributed by atoms with Crippen molar-refractivity contribution in [2.45, 2.75) is 42.8 Å². The van der Waals surface area contributed by atoms with Gasteiger partial charge in [-0.15, -0.1) is 0 Å². The highest BCUT2D eigenvalue weighted by molar-refractivity contribution is 9.10. The van der Waals surface area contributed by atoms with Crippen molar-refractivity contribution < 1.29 is 13.2 Å². The van der Waals surface area contributed by atoms with Crippen LogP contribution in [0.5, 0.6) is 0 Å². The molecule has 0 spiro atoms. The predicted molar refractivity (Wildman–Crippen MR) is 83.4 cm³/mol. The number of hydrogen-bond donors (Lipinski definition) is 2. The third-order valence-electron chi connectivity index (χ3n) is 4.41. The molecule has 3 N–H and O–H groups in total.